The van der Waals surface area contributed by atoms with Crippen molar-refractivity contribution in [2.45, 2.75) is 44.2 Å². The number of amides is 1. The Morgan fingerprint density at radius 2 is 1.77 bits per heavy atom. The number of anilines is 3. The molecule has 2 aliphatic rings. The molecule has 3 aromatic rings. The number of nitrogens with one attached hydrogen (secondary N) is 2. The second-order valence-corrected chi connectivity index (χ2v) is 11.1. The van der Waals surface area contributed by atoms with Gasteiger partial charge in [-0.15, -0.1) is 0 Å². The van der Waals surface area contributed by atoms with Crippen LogP contribution in [-0.4, -0.2) is 72.2 Å². The van der Waals surface area contributed by atoms with E-state index in [4.69, 9.17) is 25.8 Å². The molecule has 11 nitrogen and oxygen atoms in total. The Bertz CT molecular complexity index is 1560. The lowest BCUT2D eigenvalue weighted by atomic mass is 9.95. The maximum atomic E-state index is 13.7. The molecule has 1 saturated heterocycles. The van der Waals surface area contributed by atoms with Crippen LogP contribution in [0.4, 0.5) is 21.6 Å². The van der Waals surface area contributed by atoms with Gasteiger partial charge in [0.05, 0.1) is 37.1 Å². The highest BCUT2D eigenvalue weighted by atomic mass is 35.5. The number of halogens is 2. The average molecular weight is 626 g/mol. The predicted octanol–water partition coefficient (Wildman–Crippen LogP) is 5.02. The zero-order chi connectivity index (χ0) is 31.2. The van der Waals surface area contributed by atoms with Crippen molar-refractivity contribution in [3.8, 4) is 5.75 Å². The molecular weight excluding hydrogens is 593 g/mol. The van der Waals surface area contributed by atoms with E-state index >= 15 is 0 Å². The Balaban J connectivity index is 1.38. The van der Waals surface area contributed by atoms with Crippen LogP contribution in [0.1, 0.15) is 32.1 Å². The molecular formula is C31H33ClFN5O6. The number of piperidine rings is 1. The monoisotopic (exact) mass is 625 g/mol. The summed E-state index contributed by atoms with van der Waals surface area (Å²) in [7, 11) is 2.61. The molecule has 2 fully saturated rings. The Labute approximate surface area is 258 Å². The van der Waals surface area contributed by atoms with Gasteiger partial charge in [-0.2, -0.15) is 0 Å². The number of hydrogen-bond donors (Lipinski definition) is 2. The van der Waals surface area contributed by atoms with Crippen molar-refractivity contribution < 1.29 is 33.0 Å². The van der Waals surface area contributed by atoms with Gasteiger partial charge in [0, 0.05) is 29.8 Å². The van der Waals surface area contributed by atoms with E-state index in [2.05, 4.69) is 20.6 Å². The van der Waals surface area contributed by atoms with Gasteiger partial charge in [-0.3, -0.25) is 19.3 Å². The second kappa shape index (κ2) is 14.0. The highest BCUT2D eigenvalue weighted by Crippen LogP contribution is 2.36. The molecule has 0 bridgehead atoms. The van der Waals surface area contributed by atoms with Gasteiger partial charge >= 0.3 is 11.9 Å². The van der Waals surface area contributed by atoms with Crippen molar-refractivity contribution in [3.05, 3.63) is 59.7 Å². The fraction of sp³-hybridized carbons (Fsp3) is 0.387. The number of esters is 2. The molecule has 232 valence electrons. The van der Waals surface area contributed by atoms with Crippen molar-refractivity contribution in [1.82, 2.24) is 14.9 Å². The molecule has 2 unspecified atom stereocenters. The van der Waals surface area contributed by atoms with Crippen LogP contribution >= 0.6 is 11.6 Å². The van der Waals surface area contributed by atoms with Gasteiger partial charge in [-0.25, -0.2) is 14.4 Å². The lowest BCUT2D eigenvalue weighted by Crippen LogP contribution is -2.54. The van der Waals surface area contributed by atoms with Crippen molar-refractivity contribution >= 4 is 57.5 Å². The fourth-order valence-corrected chi connectivity index (χ4v) is 5.33. The van der Waals surface area contributed by atoms with E-state index < -0.39 is 35.7 Å². The van der Waals surface area contributed by atoms with Crippen LogP contribution in [0.25, 0.3) is 10.9 Å². The molecule has 1 aliphatic heterocycles. The van der Waals surface area contributed by atoms with Crippen LogP contribution in [0.5, 0.6) is 5.75 Å². The highest BCUT2D eigenvalue weighted by Gasteiger charge is 2.39. The van der Waals surface area contributed by atoms with E-state index in [1.165, 1.54) is 44.8 Å². The number of aromatic nitrogens is 2. The number of rotatable bonds is 11. The number of carbonyl (C=O) groups is 3. The quantitative estimate of drug-likeness (QED) is 0.221. The van der Waals surface area contributed by atoms with Gasteiger partial charge in [0.25, 0.3) is 0 Å². The van der Waals surface area contributed by atoms with Gasteiger partial charge in [0.1, 0.15) is 35.8 Å². The van der Waals surface area contributed by atoms with Gasteiger partial charge < -0.3 is 24.8 Å². The highest BCUT2D eigenvalue weighted by molar-refractivity contribution is 6.31. The number of fused-ring (bicyclic) bond motifs is 1. The number of ether oxygens (including phenoxy) is 3. The second-order valence-electron chi connectivity index (χ2n) is 10.7. The molecule has 44 heavy (non-hydrogen) atoms. The molecule has 2 N–H and O–H groups in total. The molecule has 0 spiro atoms. The number of carbonyl (C=O) groups excluding carboxylic acids is 3. The zero-order valence-electron chi connectivity index (χ0n) is 24.3. The van der Waals surface area contributed by atoms with Crippen LogP contribution in [0.2, 0.25) is 5.02 Å². The van der Waals surface area contributed by atoms with E-state index in [0.29, 0.717) is 65.6 Å². The summed E-state index contributed by atoms with van der Waals surface area (Å²) >= 11 is 5.95. The molecule has 1 amide bonds. The molecule has 1 aromatic heterocycles. The maximum absolute atomic E-state index is 13.7. The largest absolute Gasteiger partial charge is 0.491 e. The Morgan fingerprint density at radius 3 is 2.43 bits per heavy atom. The normalized spacial score (nSPS) is 18.6. The summed E-state index contributed by atoms with van der Waals surface area (Å²) in [4.78, 5) is 48.4. The third-order valence-electron chi connectivity index (χ3n) is 7.64. The smallest absolute Gasteiger partial charge is 0.323 e. The topological polar surface area (TPSA) is 132 Å². The Kier molecular flexibility index (Phi) is 9.91. The van der Waals surface area contributed by atoms with Gasteiger partial charge in [-0.05, 0) is 62.3 Å². The minimum Gasteiger partial charge on any atom is -0.491 e. The summed E-state index contributed by atoms with van der Waals surface area (Å²) in [5, 5.41) is 6.55. The molecule has 1 aliphatic carbocycles. The number of methoxy groups -OCH3 is 2. The third kappa shape index (κ3) is 7.43. The van der Waals surface area contributed by atoms with Crippen LogP contribution in [0, 0.1) is 11.7 Å². The first kappa shape index (κ1) is 31.1. The minimum atomic E-state index is -0.629. The molecule has 5 rings (SSSR count). The minimum absolute atomic E-state index is 0.0377. The van der Waals surface area contributed by atoms with Gasteiger partial charge in [0.2, 0.25) is 5.91 Å². The Hall–Kier alpha value is -4.29. The predicted molar refractivity (Wildman–Crippen MR) is 162 cm³/mol. The Morgan fingerprint density at radius 1 is 1.05 bits per heavy atom. The summed E-state index contributed by atoms with van der Waals surface area (Å²) in [6.07, 6.45) is 8.23. The number of benzene rings is 2. The van der Waals surface area contributed by atoms with E-state index in [9.17, 15) is 18.8 Å². The number of hydrogen-bond acceptors (Lipinski definition) is 10. The molecule has 2 atom stereocenters. The van der Waals surface area contributed by atoms with E-state index in [1.807, 2.05) is 0 Å². The van der Waals surface area contributed by atoms with Gasteiger partial charge in [0.15, 0.2) is 0 Å². The van der Waals surface area contributed by atoms with Crippen molar-refractivity contribution in [2.75, 3.05) is 38.0 Å². The molecule has 13 heteroatoms. The molecule has 0 radical (unpaired) electrons. The number of nitrogens with zero attached hydrogens (tertiary/aromatic N) is 3. The average Bonchev–Trinajstić information content (AvgIpc) is 3.86. The van der Waals surface area contributed by atoms with Crippen molar-refractivity contribution in [1.29, 1.82) is 0 Å². The summed E-state index contributed by atoms with van der Waals surface area (Å²) in [6, 6.07) is 6.42. The standard InChI is InChI=1S/C31H33ClFN5O6/c1-42-30(40)25-5-3-6-26(31(41)43-2)38(25)12-4-7-28(39)37-24-14-20-23(15-27(24)44-16-18-8-9-18)34-17-35-29(20)36-19-10-11-22(33)21(32)13-19/h4,7,10-11,13-15,17-18,25-26H,3,5-6,8-9,12,16H2,1-2H3,(H,37,39)(H,34,35,36)/b7-4+. The molecule has 2 heterocycles. The van der Waals surface area contributed by atoms with E-state index in [-0.39, 0.29) is 11.6 Å². The molecule has 1 saturated carbocycles. The lowest BCUT2D eigenvalue weighted by Gasteiger charge is -2.38. The lowest BCUT2D eigenvalue weighted by molar-refractivity contribution is -0.157. The van der Waals surface area contributed by atoms with Gasteiger partial charge in [-0.1, -0.05) is 17.7 Å². The first-order valence-electron chi connectivity index (χ1n) is 14.3. The molecule has 2 aromatic carbocycles. The van der Waals surface area contributed by atoms with Crippen LogP contribution in [0.15, 0.2) is 48.8 Å². The summed E-state index contributed by atoms with van der Waals surface area (Å²) < 4.78 is 29.7. The van der Waals surface area contributed by atoms with Crippen LogP contribution in [-0.2, 0) is 23.9 Å². The van der Waals surface area contributed by atoms with Crippen LogP contribution in [0.3, 0.4) is 0 Å². The first-order chi connectivity index (χ1) is 21.3. The third-order valence-corrected chi connectivity index (χ3v) is 7.93. The van der Waals surface area contributed by atoms with Crippen LogP contribution < -0.4 is 15.4 Å². The maximum Gasteiger partial charge on any atom is 0.323 e. The summed E-state index contributed by atoms with van der Waals surface area (Å²) in [5.74, 6) is -0.534. The SMILES string of the molecule is COC(=O)C1CCCC(C(=O)OC)N1C/C=C/C(=O)Nc1cc2c(Nc3ccc(F)c(Cl)c3)ncnc2cc1OCC1CC1. The zero-order valence-corrected chi connectivity index (χ0v) is 25.1. The number of likely N-dealkylation sites (tertiary alicyclic amines) is 1. The van der Waals surface area contributed by atoms with E-state index in [1.54, 1.807) is 23.1 Å². The van der Waals surface area contributed by atoms with Crippen molar-refractivity contribution in [3.63, 3.8) is 0 Å². The summed E-state index contributed by atoms with van der Waals surface area (Å²) in [6.45, 7) is 0.658. The van der Waals surface area contributed by atoms with E-state index in [0.717, 1.165) is 12.8 Å². The van der Waals surface area contributed by atoms with Crippen molar-refractivity contribution in [2.24, 2.45) is 5.92 Å². The fourth-order valence-electron chi connectivity index (χ4n) is 5.15. The summed E-state index contributed by atoms with van der Waals surface area (Å²) in [5.41, 5.74) is 1.50. The first-order valence-corrected chi connectivity index (χ1v) is 14.7.